The summed E-state index contributed by atoms with van der Waals surface area (Å²) in [6.07, 6.45) is 0.439. The fourth-order valence-corrected chi connectivity index (χ4v) is 2.76. The van der Waals surface area contributed by atoms with Gasteiger partial charge in [0.25, 0.3) is 0 Å². The topological polar surface area (TPSA) is 114 Å². The van der Waals surface area contributed by atoms with Gasteiger partial charge in [-0.25, -0.2) is 4.79 Å². The third kappa shape index (κ3) is 7.02. The second-order valence-corrected chi connectivity index (χ2v) is 7.70. The number of hydrogen-bond donors (Lipinski definition) is 3. The van der Waals surface area contributed by atoms with Crippen LogP contribution in [0.4, 0.5) is 4.79 Å². The number of ether oxygens (including phenoxy) is 1. The van der Waals surface area contributed by atoms with E-state index in [0.717, 1.165) is 11.1 Å². The van der Waals surface area contributed by atoms with Crippen LogP contribution in [-0.4, -0.2) is 36.0 Å². The molecule has 0 aliphatic carbocycles. The Kier molecular flexibility index (Phi) is 7.14. The predicted molar refractivity (Wildman–Crippen MR) is 102 cm³/mol. The number of amides is 4. The summed E-state index contributed by atoms with van der Waals surface area (Å²) in [5, 5.41) is 7.66. The minimum Gasteiger partial charge on any atom is -0.444 e. The van der Waals surface area contributed by atoms with Gasteiger partial charge >= 0.3 is 6.09 Å². The van der Waals surface area contributed by atoms with Crippen LogP contribution in [0, 0.1) is 0 Å². The van der Waals surface area contributed by atoms with Crippen molar-refractivity contribution in [2.45, 2.75) is 58.1 Å². The molecule has 2 rings (SSSR count). The number of piperidine rings is 1. The van der Waals surface area contributed by atoms with Crippen molar-refractivity contribution in [3.8, 4) is 0 Å². The Labute approximate surface area is 164 Å². The molecule has 3 N–H and O–H groups in total. The van der Waals surface area contributed by atoms with Gasteiger partial charge in [-0.3, -0.25) is 19.7 Å². The van der Waals surface area contributed by atoms with Gasteiger partial charge in [0, 0.05) is 25.9 Å². The Balaban J connectivity index is 1.72. The normalized spacial score (nSPS) is 16.9. The van der Waals surface area contributed by atoms with E-state index in [0.29, 0.717) is 19.4 Å². The molecule has 28 heavy (non-hydrogen) atoms. The Morgan fingerprint density at radius 3 is 2.43 bits per heavy atom. The highest BCUT2D eigenvalue weighted by Gasteiger charge is 2.27. The molecule has 1 unspecified atom stereocenters. The van der Waals surface area contributed by atoms with Crippen molar-refractivity contribution in [2.24, 2.45) is 0 Å². The van der Waals surface area contributed by atoms with Crippen molar-refractivity contribution in [3.63, 3.8) is 0 Å². The molecule has 1 aliphatic rings. The van der Waals surface area contributed by atoms with Crippen molar-refractivity contribution in [1.29, 1.82) is 0 Å². The number of alkyl carbamates (subject to hydrolysis) is 1. The van der Waals surface area contributed by atoms with Crippen molar-refractivity contribution in [3.05, 3.63) is 35.4 Å². The highest BCUT2D eigenvalue weighted by Crippen LogP contribution is 2.24. The molecule has 1 fully saturated rings. The van der Waals surface area contributed by atoms with E-state index >= 15 is 0 Å². The van der Waals surface area contributed by atoms with E-state index in [1.165, 1.54) is 0 Å². The summed E-state index contributed by atoms with van der Waals surface area (Å²) in [7, 11) is 0. The molecule has 4 amide bonds. The lowest BCUT2D eigenvalue weighted by Gasteiger charge is -2.21. The second-order valence-electron chi connectivity index (χ2n) is 7.70. The van der Waals surface area contributed by atoms with Crippen LogP contribution in [0.5, 0.6) is 0 Å². The number of benzene rings is 1. The minimum absolute atomic E-state index is 0.146. The van der Waals surface area contributed by atoms with Crippen LogP contribution in [0.15, 0.2) is 24.3 Å². The Morgan fingerprint density at radius 2 is 1.82 bits per heavy atom. The molecule has 0 radical (unpaired) electrons. The van der Waals surface area contributed by atoms with Crippen LogP contribution in [0.2, 0.25) is 0 Å². The quantitative estimate of drug-likeness (QED) is 0.641. The van der Waals surface area contributed by atoms with Crippen molar-refractivity contribution >= 4 is 23.8 Å². The van der Waals surface area contributed by atoms with Crippen LogP contribution < -0.4 is 16.0 Å². The summed E-state index contributed by atoms with van der Waals surface area (Å²) in [6.45, 7) is 5.84. The first-order valence-electron chi connectivity index (χ1n) is 9.30. The second kappa shape index (κ2) is 9.34. The molecule has 0 spiro atoms. The Bertz CT molecular complexity index is 737. The molecule has 0 saturated carbocycles. The van der Waals surface area contributed by atoms with E-state index in [2.05, 4.69) is 16.0 Å². The number of nitrogens with one attached hydrogen (secondary N) is 3. The van der Waals surface area contributed by atoms with Gasteiger partial charge < -0.3 is 15.4 Å². The monoisotopic (exact) mass is 389 g/mol. The molecule has 1 aromatic carbocycles. The number of rotatable bonds is 6. The molecule has 8 heteroatoms. The molecule has 1 aromatic rings. The fourth-order valence-electron chi connectivity index (χ4n) is 2.76. The van der Waals surface area contributed by atoms with Crippen LogP contribution in [0.1, 0.15) is 57.1 Å². The van der Waals surface area contributed by atoms with E-state index in [4.69, 9.17) is 4.74 Å². The SMILES string of the molecule is CC(C)(C)OC(=O)NCCC(=O)NCc1ccc(C2CCC(=O)NC2=O)cc1. The summed E-state index contributed by atoms with van der Waals surface area (Å²) >= 11 is 0. The molecular weight excluding hydrogens is 362 g/mol. The average molecular weight is 389 g/mol. The lowest BCUT2D eigenvalue weighted by molar-refractivity contribution is -0.134. The fraction of sp³-hybridized carbons (Fsp3) is 0.500. The summed E-state index contributed by atoms with van der Waals surface area (Å²) in [5.74, 6) is -1.01. The first-order valence-corrected chi connectivity index (χ1v) is 9.30. The lowest BCUT2D eigenvalue weighted by atomic mass is 9.90. The molecule has 1 heterocycles. The largest absolute Gasteiger partial charge is 0.444 e. The maximum atomic E-state index is 11.9. The van der Waals surface area contributed by atoms with Gasteiger partial charge in [-0.15, -0.1) is 0 Å². The highest BCUT2D eigenvalue weighted by atomic mass is 16.6. The van der Waals surface area contributed by atoms with Gasteiger partial charge in [0.1, 0.15) is 5.60 Å². The van der Waals surface area contributed by atoms with Crippen molar-refractivity contribution < 1.29 is 23.9 Å². The van der Waals surface area contributed by atoms with E-state index in [1.807, 2.05) is 24.3 Å². The zero-order chi connectivity index (χ0) is 20.7. The van der Waals surface area contributed by atoms with Gasteiger partial charge in [-0.1, -0.05) is 24.3 Å². The van der Waals surface area contributed by atoms with Gasteiger partial charge in [0.2, 0.25) is 17.7 Å². The van der Waals surface area contributed by atoms with Gasteiger partial charge in [0.05, 0.1) is 5.92 Å². The smallest absolute Gasteiger partial charge is 0.407 e. The Morgan fingerprint density at radius 1 is 1.14 bits per heavy atom. The van der Waals surface area contributed by atoms with Gasteiger partial charge in [-0.05, 0) is 38.3 Å². The summed E-state index contributed by atoms with van der Waals surface area (Å²) in [5.41, 5.74) is 1.16. The first-order chi connectivity index (χ1) is 13.1. The zero-order valence-electron chi connectivity index (χ0n) is 16.5. The van der Waals surface area contributed by atoms with E-state index in [1.54, 1.807) is 20.8 Å². The molecular formula is C20H27N3O5. The molecule has 1 saturated heterocycles. The number of hydrogen-bond acceptors (Lipinski definition) is 5. The molecule has 1 atom stereocenters. The third-order valence-electron chi connectivity index (χ3n) is 4.13. The number of imide groups is 1. The van der Waals surface area contributed by atoms with E-state index < -0.39 is 11.7 Å². The molecule has 1 aliphatic heterocycles. The zero-order valence-corrected chi connectivity index (χ0v) is 16.5. The number of carbonyl (C=O) groups is 4. The lowest BCUT2D eigenvalue weighted by Crippen LogP contribution is -2.39. The number of carbonyl (C=O) groups excluding carboxylic acids is 4. The minimum atomic E-state index is -0.577. The predicted octanol–water partition coefficient (Wildman–Crippen LogP) is 1.74. The standard InChI is InChI=1S/C20H27N3O5/c1-20(2,3)28-19(27)21-11-10-16(24)22-12-13-4-6-14(7-5-13)15-8-9-17(25)23-18(15)26/h4-7,15H,8-12H2,1-3H3,(H,21,27)(H,22,24)(H,23,25,26). The molecule has 152 valence electrons. The third-order valence-corrected chi connectivity index (χ3v) is 4.13. The maximum Gasteiger partial charge on any atom is 0.407 e. The summed E-state index contributed by atoms with van der Waals surface area (Å²) in [6, 6.07) is 7.37. The average Bonchev–Trinajstić information content (AvgIpc) is 2.59. The van der Waals surface area contributed by atoms with Crippen molar-refractivity contribution in [1.82, 2.24) is 16.0 Å². The van der Waals surface area contributed by atoms with Crippen LogP contribution in [0.3, 0.4) is 0 Å². The highest BCUT2D eigenvalue weighted by molar-refractivity contribution is 6.00. The molecule has 8 nitrogen and oxygen atoms in total. The van der Waals surface area contributed by atoms with Crippen LogP contribution in [-0.2, 0) is 25.7 Å². The van der Waals surface area contributed by atoms with Crippen LogP contribution >= 0.6 is 0 Å². The maximum absolute atomic E-state index is 11.9. The molecule has 0 aromatic heterocycles. The molecule has 0 bridgehead atoms. The van der Waals surface area contributed by atoms with Crippen LogP contribution in [0.25, 0.3) is 0 Å². The summed E-state index contributed by atoms with van der Waals surface area (Å²) < 4.78 is 5.09. The first kappa shape index (κ1) is 21.4. The summed E-state index contributed by atoms with van der Waals surface area (Å²) in [4.78, 5) is 46.5. The van der Waals surface area contributed by atoms with Gasteiger partial charge in [0.15, 0.2) is 0 Å². The van der Waals surface area contributed by atoms with Gasteiger partial charge in [-0.2, -0.15) is 0 Å². The van der Waals surface area contributed by atoms with Crippen molar-refractivity contribution in [2.75, 3.05) is 6.54 Å². The van der Waals surface area contributed by atoms with E-state index in [9.17, 15) is 19.2 Å². The Hall–Kier alpha value is -2.90. The van der Waals surface area contributed by atoms with E-state index in [-0.39, 0.29) is 36.6 Å².